The SMILES string of the molecule is O=C(CC1c2ccccc2S(=O)(=O)N1c1ccc(-n2cccc2)cc1)NO. The molecule has 7 nitrogen and oxygen atoms in total. The van der Waals surface area contributed by atoms with E-state index in [-0.39, 0.29) is 11.3 Å². The molecule has 3 aromatic rings. The van der Waals surface area contributed by atoms with Gasteiger partial charge in [0.15, 0.2) is 0 Å². The number of hydrogen-bond donors (Lipinski definition) is 2. The van der Waals surface area contributed by atoms with Crippen LogP contribution in [0.3, 0.4) is 0 Å². The lowest BCUT2D eigenvalue weighted by Crippen LogP contribution is -2.32. The van der Waals surface area contributed by atoms with Crippen LogP contribution in [0.1, 0.15) is 18.0 Å². The van der Waals surface area contributed by atoms with E-state index in [0.717, 1.165) is 5.69 Å². The highest BCUT2D eigenvalue weighted by Gasteiger charge is 2.43. The average molecular weight is 383 g/mol. The fourth-order valence-electron chi connectivity index (χ4n) is 3.40. The zero-order chi connectivity index (χ0) is 19.0. The average Bonchev–Trinajstić information content (AvgIpc) is 3.28. The second-order valence-electron chi connectivity index (χ2n) is 6.20. The van der Waals surface area contributed by atoms with E-state index < -0.39 is 22.0 Å². The number of nitrogens with zero attached hydrogens (tertiary/aromatic N) is 2. The molecule has 0 aliphatic carbocycles. The number of amides is 1. The van der Waals surface area contributed by atoms with Gasteiger partial charge in [-0.25, -0.2) is 13.9 Å². The number of fused-ring (bicyclic) bond motifs is 1. The van der Waals surface area contributed by atoms with Crippen LogP contribution in [0.2, 0.25) is 0 Å². The third kappa shape index (κ3) is 2.88. The van der Waals surface area contributed by atoms with Gasteiger partial charge in [-0.1, -0.05) is 18.2 Å². The van der Waals surface area contributed by atoms with E-state index in [1.807, 2.05) is 41.2 Å². The minimum absolute atomic E-state index is 0.176. The molecule has 138 valence electrons. The van der Waals surface area contributed by atoms with Crippen molar-refractivity contribution in [3.05, 3.63) is 78.6 Å². The highest BCUT2D eigenvalue weighted by Crippen LogP contribution is 2.44. The number of sulfonamides is 1. The molecule has 1 aliphatic heterocycles. The van der Waals surface area contributed by atoms with E-state index >= 15 is 0 Å². The van der Waals surface area contributed by atoms with E-state index in [4.69, 9.17) is 5.21 Å². The molecule has 1 unspecified atom stereocenters. The molecule has 0 bridgehead atoms. The maximum atomic E-state index is 13.1. The van der Waals surface area contributed by atoms with Crippen LogP contribution >= 0.6 is 0 Å². The lowest BCUT2D eigenvalue weighted by atomic mass is 10.0. The molecule has 0 saturated carbocycles. The largest absolute Gasteiger partial charge is 0.324 e. The van der Waals surface area contributed by atoms with Crippen LogP contribution in [0.5, 0.6) is 0 Å². The maximum Gasteiger partial charge on any atom is 0.265 e. The predicted octanol–water partition coefficient (Wildman–Crippen LogP) is 2.62. The third-order valence-electron chi connectivity index (χ3n) is 4.61. The Kier molecular flexibility index (Phi) is 4.21. The molecule has 1 amide bonds. The number of anilines is 1. The summed E-state index contributed by atoms with van der Waals surface area (Å²) in [4.78, 5) is 12.0. The number of carbonyl (C=O) groups is 1. The Labute approximate surface area is 156 Å². The van der Waals surface area contributed by atoms with Crippen molar-refractivity contribution in [1.29, 1.82) is 0 Å². The first-order valence-corrected chi connectivity index (χ1v) is 9.76. The molecule has 0 saturated heterocycles. The molecule has 8 heteroatoms. The van der Waals surface area contributed by atoms with Crippen molar-refractivity contribution in [3.63, 3.8) is 0 Å². The number of nitrogens with one attached hydrogen (secondary N) is 1. The van der Waals surface area contributed by atoms with Crippen LogP contribution in [0.25, 0.3) is 5.69 Å². The molecule has 27 heavy (non-hydrogen) atoms. The number of carbonyl (C=O) groups excluding carboxylic acids is 1. The molecule has 1 aliphatic rings. The maximum absolute atomic E-state index is 13.1. The monoisotopic (exact) mass is 383 g/mol. The Morgan fingerprint density at radius 1 is 0.963 bits per heavy atom. The Morgan fingerprint density at radius 2 is 1.59 bits per heavy atom. The highest BCUT2D eigenvalue weighted by molar-refractivity contribution is 7.93. The van der Waals surface area contributed by atoms with Gasteiger partial charge in [-0.3, -0.25) is 14.3 Å². The number of benzene rings is 2. The van der Waals surface area contributed by atoms with E-state index in [1.54, 1.807) is 35.8 Å². The van der Waals surface area contributed by atoms with Crippen molar-refractivity contribution in [1.82, 2.24) is 10.0 Å². The summed E-state index contributed by atoms with van der Waals surface area (Å²) in [6, 6.07) is 16.7. The summed E-state index contributed by atoms with van der Waals surface area (Å²) in [5.74, 6) is -0.652. The van der Waals surface area contributed by atoms with Crippen molar-refractivity contribution in [2.24, 2.45) is 0 Å². The predicted molar refractivity (Wildman–Crippen MR) is 99.2 cm³/mol. The highest BCUT2D eigenvalue weighted by atomic mass is 32.2. The van der Waals surface area contributed by atoms with Crippen molar-refractivity contribution >= 4 is 21.6 Å². The first-order valence-electron chi connectivity index (χ1n) is 8.32. The summed E-state index contributed by atoms with van der Waals surface area (Å²) >= 11 is 0. The minimum atomic E-state index is -3.80. The smallest absolute Gasteiger partial charge is 0.265 e. The summed E-state index contributed by atoms with van der Waals surface area (Å²) in [5, 5.41) is 8.90. The Balaban J connectivity index is 1.78. The second-order valence-corrected chi connectivity index (χ2v) is 7.98. The van der Waals surface area contributed by atoms with Crippen LogP contribution in [-0.4, -0.2) is 24.1 Å². The number of aromatic nitrogens is 1. The molecule has 1 atom stereocenters. The van der Waals surface area contributed by atoms with Gasteiger partial charge in [0, 0.05) is 18.1 Å². The van der Waals surface area contributed by atoms with Crippen molar-refractivity contribution in [3.8, 4) is 5.69 Å². The molecule has 2 heterocycles. The molecule has 2 N–H and O–H groups in total. The Morgan fingerprint density at radius 3 is 2.26 bits per heavy atom. The van der Waals surface area contributed by atoms with E-state index in [9.17, 15) is 13.2 Å². The molecule has 2 aromatic carbocycles. The number of hydrogen-bond acceptors (Lipinski definition) is 4. The van der Waals surface area contributed by atoms with E-state index in [2.05, 4.69) is 0 Å². The lowest BCUT2D eigenvalue weighted by molar-refractivity contribution is -0.129. The van der Waals surface area contributed by atoms with Crippen LogP contribution in [0.15, 0.2) is 78.0 Å². The molecule has 0 spiro atoms. The fraction of sp³-hybridized carbons (Fsp3) is 0.105. The summed E-state index contributed by atoms with van der Waals surface area (Å²) in [6.07, 6.45) is 3.60. The number of hydroxylamine groups is 1. The van der Waals surface area contributed by atoms with Crippen molar-refractivity contribution in [2.75, 3.05) is 4.31 Å². The second kappa shape index (κ2) is 6.57. The molecular formula is C19H17N3O4S. The zero-order valence-electron chi connectivity index (χ0n) is 14.2. The van der Waals surface area contributed by atoms with Crippen molar-refractivity contribution in [2.45, 2.75) is 17.4 Å². The summed E-state index contributed by atoms with van der Waals surface area (Å²) in [5.41, 5.74) is 3.47. The fourth-order valence-corrected chi connectivity index (χ4v) is 5.29. The molecule has 4 rings (SSSR count). The van der Waals surface area contributed by atoms with Gasteiger partial charge in [0.25, 0.3) is 10.0 Å². The van der Waals surface area contributed by atoms with Crippen LogP contribution in [0.4, 0.5) is 5.69 Å². The van der Waals surface area contributed by atoms with E-state index in [1.165, 1.54) is 10.4 Å². The van der Waals surface area contributed by atoms with Gasteiger partial charge in [0.05, 0.1) is 23.0 Å². The topological polar surface area (TPSA) is 91.6 Å². The molecule has 0 fully saturated rings. The quantitative estimate of drug-likeness (QED) is 0.535. The van der Waals surface area contributed by atoms with Gasteiger partial charge in [-0.15, -0.1) is 0 Å². The lowest BCUT2D eigenvalue weighted by Gasteiger charge is -2.25. The van der Waals surface area contributed by atoms with Crippen molar-refractivity contribution < 1.29 is 18.4 Å². The molecular weight excluding hydrogens is 366 g/mol. The van der Waals surface area contributed by atoms with Crippen LogP contribution in [0, 0.1) is 0 Å². The summed E-state index contributed by atoms with van der Waals surface area (Å²) in [7, 11) is -3.80. The van der Waals surface area contributed by atoms with Gasteiger partial charge in [0.1, 0.15) is 0 Å². The van der Waals surface area contributed by atoms with Gasteiger partial charge in [0.2, 0.25) is 5.91 Å². The third-order valence-corrected chi connectivity index (χ3v) is 6.52. The zero-order valence-corrected chi connectivity index (χ0v) is 15.0. The Hall–Kier alpha value is -3.10. The molecule has 1 aromatic heterocycles. The van der Waals surface area contributed by atoms with E-state index in [0.29, 0.717) is 11.3 Å². The van der Waals surface area contributed by atoms with Gasteiger partial charge < -0.3 is 4.57 Å². The van der Waals surface area contributed by atoms with Gasteiger partial charge in [-0.05, 0) is 48.0 Å². The first-order chi connectivity index (χ1) is 13.0. The van der Waals surface area contributed by atoms with Crippen LogP contribution in [-0.2, 0) is 14.8 Å². The van der Waals surface area contributed by atoms with Crippen LogP contribution < -0.4 is 9.79 Å². The number of rotatable bonds is 4. The minimum Gasteiger partial charge on any atom is -0.324 e. The van der Waals surface area contributed by atoms with Gasteiger partial charge >= 0.3 is 0 Å². The summed E-state index contributed by atoms with van der Waals surface area (Å²) < 4.78 is 29.4. The normalized spacial score (nSPS) is 17.5. The summed E-state index contributed by atoms with van der Waals surface area (Å²) in [6.45, 7) is 0. The molecule has 0 radical (unpaired) electrons. The Bertz CT molecular complexity index is 1080. The standard InChI is InChI=1S/C19H17N3O4S/c23-19(20-24)13-17-16-5-1-2-6-18(16)27(25,26)22(17)15-9-7-14(8-10-15)21-11-3-4-12-21/h1-12,17,24H,13H2,(H,20,23). The van der Waals surface area contributed by atoms with Gasteiger partial charge in [-0.2, -0.15) is 0 Å². The first kappa shape index (κ1) is 17.3.